The van der Waals surface area contributed by atoms with Crippen LogP contribution in [0.3, 0.4) is 0 Å². The number of rotatable bonds is 8. The Balaban J connectivity index is 3.30. The van der Waals surface area contributed by atoms with Gasteiger partial charge < -0.3 is 15.8 Å². The quantitative estimate of drug-likeness (QED) is 0.252. The summed E-state index contributed by atoms with van der Waals surface area (Å²) in [7, 11) is 2.08. The highest BCUT2D eigenvalue weighted by Crippen LogP contribution is 2.32. The van der Waals surface area contributed by atoms with Gasteiger partial charge >= 0.3 is 0 Å². The standard InChI is InChI=1S/C15H25N3OS2/c1-5-11(10-20-4)18(3)12-8-7-9-13(21-6-2)14(12)15(16)17-19/h7-9,11,19H,5-6,10H2,1-4H3,(H2,16,17). The minimum atomic E-state index is 0.174. The number of benzene rings is 1. The monoisotopic (exact) mass is 327 g/mol. The fourth-order valence-electron chi connectivity index (χ4n) is 2.29. The van der Waals surface area contributed by atoms with Crippen LogP contribution in [0.5, 0.6) is 0 Å². The topological polar surface area (TPSA) is 61.8 Å². The maximum absolute atomic E-state index is 9.12. The fraction of sp³-hybridized carbons (Fsp3) is 0.533. The van der Waals surface area contributed by atoms with Crippen LogP contribution in [-0.4, -0.2) is 41.9 Å². The van der Waals surface area contributed by atoms with Crippen molar-refractivity contribution in [2.75, 3.05) is 29.7 Å². The largest absolute Gasteiger partial charge is 0.409 e. The van der Waals surface area contributed by atoms with Crippen molar-refractivity contribution in [3.63, 3.8) is 0 Å². The van der Waals surface area contributed by atoms with Gasteiger partial charge in [-0.1, -0.05) is 25.1 Å². The lowest BCUT2D eigenvalue weighted by Gasteiger charge is -2.31. The molecule has 4 nitrogen and oxygen atoms in total. The number of hydrogen-bond acceptors (Lipinski definition) is 5. The molecule has 0 heterocycles. The Bertz CT molecular complexity index is 480. The van der Waals surface area contributed by atoms with Crippen molar-refractivity contribution in [1.82, 2.24) is 0 Å². The Morgan fingerprint density at radius 1 is 1.43 bits per heavy atom. The Morgan fingerprint density at radius 3 is 2.67 bits per heavy atom. The molecule has 0 aliphatic carbocycles. The Kier molecular flexibility index (Phi) is 7.82. The highest BCUT2D eigenvalue weighted by molar-refractivity contribution is 7.99. The molecule has 118 valence electrons. The second-order valence-electron chi connectivity index (χ2n) is 4.70. The van der Waals surface area contributed by atoms with Gasteiger partial charge in [-0.2, -0.15) is 11.8 Å². The molecule has 1 aromatic carbocycles. The van der Waals surface area contributed by atoms with Crippen molar-refractivity contribution in [2.24, 2.45) is 10.9 Å². The minimum Gasteiger partial charge on any atom is -0.409 e. The van der Waals surface area contributed by atoms with Crippen LogP contribution in [0.4, 0.5) is 5.69 Å². The predicted octanol–water partition coefficient (Wildman–Crippen LogP) is 3.47. The molecule has 0 fully saturated rings. The highest BCUT2D eigenvalue weighted by atomic mass is 32.2. The molecule has 0 amide bonds. The fourth-order valence-corrected chi connectivity index (χ4v) is 3.97. The molecule has 0 aliphatic heterocycles. The van der Waals surface area contributed by atoms with Gasteiger partial charge in [0, 0.05) is 29.4 Å². The third-order valence-electron chi connectivity index (χ3n) is 3.43. The molecule has 1 rings (SSSR count). The predicted molar refractivity (Wildman–Crippen MR) is 96.2 cm³/mol. The van der Waals surface area contributed by atoms with Crippen LogP contribution < -0.4 is 10.6 Å². The summed E-state index contributed by atoms with van der Waals surface area (Å²) < 4.78 is 0. The van der Waals surface area contributed by atoms with E-state index in [1.54, 1.807) is 11.8 Å². The zero-order valence-electron chi connectivity index (χ0n) is 13.2. The van der Waals surface area contributed by atoms with Crippen molar-refractivity contribution in [1.29, 1.82) is 0 Å². The lowest BCUT2D eigenvalue weighted by atomic mass is 10.1. The molecule has 1 unspecified atom stereocenters. The molecule has 0 saturated heterocycles. The van der Waals surface area contributed by atoms with Crippen molar-refractivity contribution in [3.05, 3.63) is 23.8 Å². The van der Waals surface area contributed by atoms with Crippen molar-refractivity contribution in [3.8, 4) is 0 Å². The van der Waals surface area contributed by atoms with Crippen molar-refractivity contribution >= 4 is 35.0 Å². The van der Waals surface area contributed by atoms with Gasteiger partial charge in [0.25, 0.3) is 0 Å². The van der Waals surface area contributed by atoms with Gasteiger partial charge in [0.05, 0.1) is 5.56 Å². The lowest BCUT2D eigenvalue weighted by Crippen LogP contribution is -2.35. The van der Waals surface area contributed by atoms with E-state index in [0.29, 0.717) is 6.04 Å². The average Bonchev–Trinajstić information content (AvgIpc) is 2.51. The minimum absolute atomic E-state index is 0.174. The van der Waals surface area contributed by atoms with Crippen LogP contribution in [-0.2, 0) is 0 Å². The van der Waals surface area contributed by atoms with Crippen LogP contribution in [0.2, 0.25) is 0 Å². The number of nitrogens with two attached hydrogens (primary N) is 1. The molecule has 1 aromatic rings. The molecule has 0 aromatic heterocycles. The first-order valence-electron chi connectivity index (χ1n) is 7.06. The molecule has 0 bridgehead atoms. The van der Waals surface area contributed by atoms with E-state index in [2.05, 4.69) is 37.2 Å². The molecule has 3 N–H and O–H groups in total. The molecule has 6 heteroatoms. The Hall–Kier alpha value is -1.01. The van der Waals surface area contributed by atoms with E-state index in [4.69, 9.17) is 10.9 Å². The number of amidine groups is 1. The summed E-state index contributed by atoms with van der Waals surface area (Å²) in [5, 5.41) is 12.3. The van der Waals surface area contributed by atoms with Crippen molar-refractivity contribution in [2.45, 2.75) is 31.2 Å². The first-order chi connectivity index (χ1) is 10.1. The van der Waals surface area contributed by atoms with Gasteiger partial charge in [-0.15, -0.1) is 11.8 Å². The van der Waals surface area contributed by atoms with Gasteiger partial charge in [0.15, 0.2) is 5.84 Å². The molecule has 0 spiro atoms. The zero-order chi connectivity index (χ0) is 15.8. The van der Waals surface area contributed by atoms with Crippen molar-refractivity contribution < 1.29 is 5.21 Å². The number of oxime groups is 1. The summed E-state index contributed by atoms with van der Waals surface area (Å²) in [4.78, 5) is 3.29. The van der Waals surface area contributed by atoms with Crippen LogP contribution >= 0.6 is 23.5 Å². The van der Waals surface area contributed by atoms with E-state index in [-0.39, 0.29) is 5.84 Å². The SMILES string of the molecule is CCSc1cccc(N(C)C(CC)CSC)c1/C(N)=N/O. The molecule has 0 aliphatic rings. The first-order valence-corrected chi connectivity index (χ1v) is 9.44. The second kappa shape index (κ2) is 9.10. The van der Waals surface area contributed by atoms with Crippen LogP contribution in [0.15, 0.2) is 28.3 Å². The van der Waals surface area contributed by atoms with Gasteiger partial charge in [0.1, 0.15) is 0 Å². The normalized spacial score (nSPS) is 13.2. The summed E-state index contributed by atoms with van der Waals surface area (Å²) in [6.45, 7) is 4.28. The maximum Gasteiger partial charge on any atom is 0.173 e. The second-order valence-corrected chi connectivity index (χ2v) is 6.91. The summed E-state index contributed by atoms with van der Waals surface area (Å²) in [5.41, 5.74) is 7.78. The van der Waals surface area contributed by atoms with E-state index in [9.17, 15) is 0 Å². The van der Waals surface area contributed by atoms with Crippen LogP contribution in [0, 0.1) is 0 Å². The molecule has 0 radical (unpaired) electrons. The number of anilines is 1. The Labute approximate surface area is 136 Å². The molecular formula is C15H25N3OS2. The van der Waals surface area contributed by atoms with Crippen LogP contribution in [0.25, 0.3) is 0 Å². The summed E-state index contributed by atoms with van der Waals surface area (Å²) in [5.74, 6) is 2.17. The molecular weight excluding hydrogens is 302 g/mol. The lowest BCUT2D eigenvalue weighted by molar-refractivity contribution is 0.318. The number of hydrogen-bond donors (Lipinski definition) is 2. The van der Waals surface area contributed by atoms with Gasteiger partial charge in [0.2, 0.25) is 0 Å². The Morgan fingerprint density at radius 2 is 2.14 bits per heavy atom. The zero-order valence-corrected chi connectivity index (χ0v) is 14.8. The summed E-state index contributed by atoms with van der Waals surface area (Å²) in [6.07, 6.45) is 3.17. The highest BCUT2D eigenvalue weighted by Gasteiger charge is 2.20. The van der Waals surface area contributed by atoms with E-state index >= 15 is 0 Å². The van der Waals surface area contributed by atoms with Gasteiger partial charge in [-0.25, -0.2) is 0 Å². The first kappa shape index (κ1) is 18.0. The molecule has 0 saturated carbocycles. The van der Waals surface area contributed by atoms with E-state index in [1.807, 2.05) is 30.0 Å². The third-order valence-corrected chi connectivity index (χ3v) is 5.08. The van der Waals surface area contributed by atoms with E-state index in [1.165, 1.54) is 0 Å². The third kappa shape index (κ3) is 4.48. The van der Waals surface area contributed by atoms with Gasteiger partial charge in [-0.05, 0) is 30.6 Å². The summed E-state index contributed by atoms with van der Waals surface area (Å²) in [6, 6.07) is 6.51. The van der Waals surface area contributed by atoms with Gasteiger partial charge in [-0.3, -0.25) is 0 Å². The average molecular weight is 328 g/mol. The van der Waals surface area contributed by atoms with E-state index < -0.39 is 0 Å². The van der Waals surface area contributed by atoms with Crippen LogP contribution in [0.1, 0.15) is 25.8 Å². The molecule has 21 heavy (non-hydrogen) atoms. The molecule has 1 atom stereocenters. The number of nitrogens with zero attached hydrogens (tertiary/aromatic N) is 2. The number of thioether (sulfide) groups is 2. The summed E-state index contributed by atoms with van der Waals surface area (Å²) >= 11 is 3.54. The maximum atomic E-state index is 9.12. The smallest absolute Gasteiger partial charge is 0.173 e. The van der Waals surface area contributed by atoms with E-state index in [0.717, 1.165) is 34.1 Å².